The average molecular weight is 198 g/mol. The minimum atomic E-state index is 0.813. The Morgan fingerprint density at radius 1 is 1.00 bits per heavy atom. The van der Waals surface area contributed by atoms with Crippen LogP contribution in [0.15, 0.2) is 36.4 Å². The topological polar surface area (TPSA) is 0 Å². The normalized spacial score (nSPS) is 13.4. The SMILES string of the molecule is SCC1=Cc2cccc3cccc1c23. The number of thiol groups is 1. The van der Waals surface area contributed by atoms with Gasteiger partial charge in [0, 0.05) is 5.75 Å². The van der Waals surface area contributed by atoms with Gasteiger partial charge in [-0.1, -0.05) is 36.4 Å². The summed E-state index contributed by atoms with van der Waals surface area (Å²) in [5.41, 5.74) is 4.02. The van der Waals surface area contributed by atoms with E-state index in [-0.39, 0.29) is 0 Å². The standard InChI is InChI=1S/C13H10S/c14-8-11-7-10-5-1-3-9-4-2-6-12(11)13(9)10/h1-7,14H,8H2. The van der Waals surface area contributed by atoms with Crippen LogP contribution in [-0.2, 0) is 0 Å². The van der Waals surface area contributed by atoms with Gasteiger partial charge in [-0.3, -0.25) is 0 Å². The molecule has 1 aliphatic rings. The summed E-state index contributed by atoms with van der Waals surface area (Å²) in [4.78, 5) is 0. The van der Waals surface area contributed by atoms with Crippen molar-refractivity contribution < 1.29 is 0 Å². The van der Waals surface area contributed by atoms with Gasteiger partial charge in [-0.05, 0) is 33.5 Å². The van der Waals surface area contributed by atoms with Crippen molar-refractivity contribution in [1.29, 1.82) is 0 Å². The van der Waals surface area contributed by atoms with E-state index in [9.17, 15) is 0 Å². The summed E-state index contributed by atoms with van der Waals surface area (Å²) in [5.74, 6) is 0.813. The summed E-state index contributed by atoms with van der Waals surface area (Å²) in [7, 11) is 0. The van der Waals surface area contributed by atoms with Crippen LogP contribution in [0.3, 0.4) is 0 Å². The molecular formula is C13H10S. The predicted molar refractivity (Wildman–Crippen MR) is 65.7 cm³/mol. The van der Waals surface area contributed by atoms with Crippen LogP contribution < -0.4 is 0 Å². The Balaban J connectivity index is 2.46. The molecule has 2 aromatic carbocycles. The molecule has 1 heteroatoms. The van der Waals surface area contributed by atoms with Crippen LogP contribution in [0.4, 0.5) is 0 Å². The molecule has 3 rings (SSSR count). The number of benzene rings is 2. The molecule has 0 amide bonds. The second-order valence-corrected chi connectivity index (χ2v) is 3.89. The number of hydrogen-bond donors (Lipinski definition) is 1. The van der Waals surface area contributed by atoms with Crippen LogP contribution in [0.25, 0.3) is 22.4 Å². The van der Waals surface area contributed by atoms with Crippen LogP contribution in [0.2, 0.25) is 0 Å². The lowest BCUT2D eigenvalue weighted by Gasteiger charge is -2.02. The van der Waals surface area contributed by atoms with Gasteiger partial charge in [0.25, 0.3) is 0 Å². The minimum absolute atomic E-state index is 0.813. The Morgan fingerprint density at radius 2 is 1.79 bits per heavy atom. The Labute approximate surface area is 88.7 Å². The highest BCUT2D eigenvalue weighted by Gasteiger charge is 2.13. The quantitative estimate of drug-likeness (QED) is 0.665. The Hall–Kier alpha value is -1.21. The zero-order chi connectivity index (χ0) is 9.54. The molecule has 0 bridgehead atoms. The smallest absolute Gasteiger partial charge is 0.0160 e. The van der Waals surface area contributed by atoms with Crippen molar-refractivity contribution in [2.45, 2.75) is 0 Å². The third-order valence-corrected chi connectivity index (χ3v) is 3.12. The van der Waals surface area contributed by atoms with Crippen LogP contribution in [0.1, 0.15) is 11.1 Å². The first-order valence-electron chi connectivity index (χ1n) is 4.74. The molecule has 0 radical (unpaired) electrons. The fourth-order valence-corrected chi connectivity index (χ4v) is 2.42. The second kappa shape index (κ2) is 2.89. The molecule has 68 valence electrons. The zero-order valence-electron chi connectivity index (χ0n) is 7.70. The molecule has 1 aliphatic carbocycles. The molecule has 0 aromatic heterocycles. The lowest BCUT2D eigenvalue weighted by molar-refractivity contribution is 1.68. The van der Waals surface area contributed by atoms with E-state index in [1.807, 2.05) is 0 Å². The lowest BCUT2D eigenvalue weighted by atomic mass is 10.0. The Kier molecular flexibility index (Phi) is 1.68. The molecular weight excluding hydrogens is 188 g/mol. The molecule has 14 heavy (non-hydrogen) atoms. The molecule has 0 saturated carbocycles. The second-order valence-electron chi connectivity index (χ2n) is 3.58. The fraction of sp³-hybridized carbons (Fsp3) is 0.0769. The lowest BCUT2D eigenvalue weighted by Crippen LogP contribution is -1.82. The van der Waals surface area contributed by atoms with E-state index in [0.29, 0.717) is 0 Å². The van der Waals surface area contributed by atoms with Gasteiger partial charge in [0.1, 0.15) is 0 Å². The molecule has 0 saturated heterocycles. The molecule has 2 aromatic rings. The van der Waals surface area contributed by atoms with Crippen molar-refractivity contribution in [2.24, 2.45) is 0 Å². The van der Waals surface area contributed by atoms with Crippen LogP contribution in [-0.4, -0.2) is 5.75 Å². The molecule has 0 N–H and O–H groups in total. The Bertz CT molecular complexity index is 533. The fourth-order valence-electron chi connectivity index (χ4n) is 2.15. The summed E-state index contributed by atoms with van der Waals surface area (Å²) in [6, 6.07) is 12.9. The predicted octanol–water partition coefficient (Wildman–Crippen LogP) is 3.62. The summed E-state index contributed by atoms with van der Waals surface area (Å²) < 4.78 is 0. The molecule has 0 spiro atoms. The van der Waals surface area contributed by atoms with Crippen LogP contribution in [0, 0.1) is 0 Å². The van der Waals surface area contributed by atoms with Crippen molar-refractivity contribution in [3.63, 3.8) is 0 Å². The monoisotopic (exact) mass is 198 g/mol. The Morgan fingerprint density at radius 3 is 2.57 bits per heavy atom. The highest BCUT2D eigenvalue weighted by atomic mass is 32.1. The van der Waals surface area contributed by atoms with E-state index in [0.717, 1.165) is 5.75 Å². The first-order valence-corrected chi connectivity index (χ1v) is 5.37. The van der Waals surface area contributed by atoms with Crippen molar-refractivity contribution >= 4 is 35.1 Å². The van der Waals surface area contributed by atoms with Gasteiger partial charge in [-0.2, -0.15) is 12.6 Å². The third-order valence-electron chi connectivity index (χ3n) is 2.78. The molecule has 0 atom stereocenters. The van der Waals surface area contributed by atoms with Gasteiger partial charge in [0.05, 0.1) is 0 Å². The molecule has 0 fully saturated rings. The van der Waals surface area contributed by atoms with Gasteiger partial charge in [-0.15, -0.1) is 0 Å². The van der Waals surface area contributed by atoms with E-state index in [1.54, 1.807) is 0 Å². The van der Waals surface area contributed by atoms with Crippen molar-refractivity contribution in [3.8, 4) is 0 Å². The van der Waals surface area contributed by atoms with Crippen molar-refractivity contribution in [2.75, 3.05) is 5.75 Å². The van der Waals surface area contributed by atoms with Gasteiger partial charge >= 0.3 is 0 Å². The molecule has 0 unspecified atom stereocenters. The maximum absolute atomic E-state index is 4.36. The first-order chi connectivity index (χ1) is 6.90. The van der Waals surface area contributed by atoms with Gasteiger partial charge < -0.3 is 0 Å². The van der Waals surface area contributed by atoms with Gasteiger partial charge in [0.2, 0.25) is 0 Å². The number of rotatable bonds is 1. The van der Waals surface area contributed by atoms with Crippen molar-refractivity contribution in [1.82, 2.24) is 0 Å². The summed E-state index contributed by atoms with van der Waals surface area (Å²) in [5, 5.41) is 2.71. The van der Waals surface area contributed by atoms with Gasteiger partial charge in [0.15, 0.2) is 0 Å². The van der Waals surface area contributed by atoms with Crippen LogP contribution in [0.5, 0.6) is 0 Å². The number of hydrogen-bond acceptors (Lipinski definition) is 1. The molecule has 0 aliphatic heterocycles. The van der Waals surface area contributed by atoms with E-state index >= 15 is 0 Å². The zero-order valence-corrected chi connectivity index (χ0v) is 8.59. The van der Waals surface area contributed by atoms with Gasteiger partial charge in [-0.25, -0.2) is 0 Å². The van der Waals surface area contributed by atoms with E-state index in [4.69, 9.17) is 0 Å². The maximum Gasteiger partial charge on any atom is 0.0160 e. The maximum atomic E-state index is 4.36. The van der Waals surface area contributed by atoms with Crippen LogP contribution >= 0.6 is 12.6 Å². The third kappa shape index (κ3) is 0.962. The minimum Gasteiger partial charge on any atom is -0.175 e. The van der Waals surface area contributed by atoms with Crippen molar-refractivity contribution in [3.05, 3.63) is 47.5 Å². The van der Waals surface area contributed by atoms with E-state index in [2.05, 4.69) is 55.1 Å². The van der Waals surface area contributed by atoms with E-state index in [1.165, 1.54) is 27.5 Å². The molecule has 0 heterocycles. The first kappa shape index (κ1) is 8.13. The summed E-state index contributed by atoms with van der Waals surface area (Å²) in [6.07, 6.45) is 2.24. The summed E-state index contributed by atoms with van der Waals surface area (Å²) in [6.45, 7) is 0. The average Bonchev–Trinajstić information content (AvgIpc) is 2.60. The highest BCUT2D eigenvalue weighted by molar-refractivity contribution is 7.80. The highest BCUT2D eigenvalue weighted by Crippen LogP contribution is 2.36. The molecule has 0 nitrogen and oxygen atoms in total. The largest absolute Gasteiger partial charge is 0.175 e. The van der Waals surface area contributed by atoms with E-state index < -0.39 is 0 Å². The summed E-state index contributed by atoms with van der Waals surface area (Å²) >= 11 is 4.36.